The first-order valence-electron chi connectivity index (χ1n) is 10.9. The fraction of sp³-hybridized carbons (Fsp3) is 0.545. The van der Waals surface area contributed by atoms with Crippen molar-refractivity contribution < 1.29 is 29.0 Å². The van der Waals surface area contributed by atoms with Gasteiger partial charge in [-0.05, 0) is 25.0 Å². The van der Waals surface area contributed by atoms with Crippen molar-refractivity contribution >= 4 is 29.1 Å². The predicted octanol–water partition coefficient (Wildman–Crippen LogP) is 2.32. The SMILES string of the molecule is CCCCOC(=O)N(CCc1nc2ccccc2n1C(=O)NCCC)CC(=O)OCCO. The summed E-state index contributed by atoms with van der Waals surface area (Å²) in [4.78, 5) is 43.1. The number of aliphatic hydroxyl groups excluding tert-OH is 1. The number of imidazole rings is 1. The molecular formula is C22H32N4O6. The van der Waals surface area contributed by atoms with Crippen molar-refractivity contribution in [3.63, 3.8) is 0 Å². The van der Waals surface area contributed by atoms with E-state index in [4.69, 9.17) is 14.6 Å². The Morgan fingerprint density at radius 1 is 1.12 bits per heavy atom. The molecule has 0 bridgehead atoms. The Morgan fingerprint density at radius 2 is 1.91 bits per heavy atom. The summed E-state index contributed by atoms with van der Waals surface area (Å²) < 4.78 is 11.6. The van der Waals surface area contributed by atoms with E-state index in [0.717, 1.165) is 12.8 Å². The zero-order valence-corrected chi connectivity index (χ0v) is 18.7. The second-order valence-corrected chi connectivity index (χ2v) is 7.17. The van der Waals surface area contributed by atoms with Gasteiger partial charge in [0, 0.05) is 19.5 Å². The van der Waals surface area contributed by atoms with Crippen LogP contribution >= 0.6 is 0 Å². The minimum absolute atomic E-state index is 0.101. The minimum atomic E-state index is -0.652. The monoisotopic (exact) mass is 448 g/mol. The number of rotatable bonds is 12. The number of esters is 1. The predicted molar refractivity (Wildman–Crippen MR) is 118 cm³/mol. The maximum atomic E-state index is 12.8. The molecule has 1 heterocycles. The first-order valence-corrected chi connectivity index (χ1v) is 10.9. The van der Waals surface area contributed by atoms with Gasteiger partial charge in [-0.2, -0.15) is 0 Å². The molecule has 0 unspecified atom stereocenters. The molecule has 10 heteroatoms. The first kappa shape index (κ1) is 25.1. The summed E-state index contributed by atoms with van der Waals surface area (Å²) in [5.74, 6) is -0.185. The van der Waals surface area contributed by atoms with Gasteiger partial charge in [0.25, 0.3) is 0 Å². The highest BCUT2D eigenvalue weighted by Crippen LogP contribution is 2.17. The lowest BCUT2D eigenvalue weighted by Gasteiger charge is -2.21. The number of ether oxygens (including phenoxy) is 2. The number of hydrogen-bond donors (Lipinski definition) is 2. The molecule has 0 aliphatic carbocycles. The van der Waals surface area contributed by atoms with Crippen molar-refractivity contribution in [2.24, 2.45) is 0 Å². The summed E-state index contributed by atoms with van der Waals surface area (Å²) in [7, 11) is 0. The molecule has 0 radical (unpaired) electrons. The first-order chi connectivity index (χ1) is 15.5. The number of benzene rings is 1. The van der Waals surface area contributed by atoms with E-state index < -0.39 is 12.1 Å². The normalized spacial score (nSPS) is 10.7. The molecule has 0 saturated carbocycles. The molecule has 0 atom stereocenters. The molecule has 0 aliphatic rings. The van der Waals surface area contributed by atoms with Crippen LogP contribution in [0.2, 0.25) is 0 Å². The highest BCUT2D eigenvalue weighted by atomic mass is 16.6. The summed E-state index contributed by atoms with van der Waals surface area (Å²) in [6.45, 7) is 4.04. The number of nitrogens with zero attached hydrogens (tertiary/aromatic N) is 3. The molecule has 32 heavy (non-hydrogen) atoms. The fourth-order valence-corrected chi connectivity index (χ4v) is 3.01. The van der Waals surface area contributed by atoms with Gasteiger partial charge in [-0.15, -0.1) is 0 Å². The van der Waals surface area contributed by atoms with E-state index in [-0.39, 0.29) is 45.4 Å². The Bertz CT molecular complexity index is 898. The second kappa shape index (κ2) is 13.3. The van der Waals surface area contributed by atoms with Gasteiger partial charge >= 0.3 is 18.1 Å². The molecule has 2 N–H and O–H groups in total. The van der Waals surface area contributed by atoms with Gasteiger partial charge in [-0.25, -0.2) is 19.1 Å². The molecule has 2 rings (SSSR count). The van der Waals surface area contributed by atoms with Crippen molar-refractivity contribution in [3.05, 3.63) is 30.1 Å². The largest absolute Gasteiger partial charge is 0.462 e. The number of nitrogens with one attached hydrogen (secondary N) is 1. The number of para-hydroxylation sites is 2. The molecule has 0 spiro atoms. The van der Waals surface area contributed by atoms with Crippen LogP contribution in [-0.4, -0.2) is 77.1 Å². The lowest BCUT2D eigenvalue weighted by atomic mass is 10.3. The smallest absolute Gasteiger partial charge is 0.410 e. The summed E-state index contributed by atoms with van der Waals surface area (Å²) in [5, 5.41) is 11.7. The van der Waals surface area contributed by atoms with Gasteiger partial charge < -0.3 is 19.9 Å². The Labute approximate surface area is 187 Å². The number of aliphatic hydroxyl groups is 1. The third-order valence-electron chi connectivity index (χ3n) is 4.62. The van der Waals surface area contributed by atoms with E-state index in [1.165, 1.54) is 9.47 Å². The van der Waals surface area contributed by atoms with Crippen molar-refractivity contribution in [3.8, 4) is 0 Å². The molecule has 2 amide bonds. The average molecular weight is 449 g/mol. The van der Waals surface area contributed by atoms with Crippen LogP contribution in [0.15, 0.2) is 24.3 Å². The molecule has 10 nitrogen and oxygen atoms in total. The van der Waals surface area contributed by atoms with Crippen LogP contribution in [0.4, 0.5) is 9.59 Å². The van der Waals surface area contributed by atoms with Crippen LogP contribution < -0.4 is 5.32 Å². The average Bonchev–Trinajstić information content (AvgIpc) is 3.17. The lowest BCUT2D eigenvalue weighted by Crippen LogP contribution is -2.39. The van der Waals surface area contributed by atoms with Crippen LogP contribution in [0, 0.1) is 0 Å². The van der Waals surface area contributed by atoms with Crippen molar-refractivity contribution in [2.45, 2.75) is 39.5 Å². The van der Waals surface area contributed by atoms with Crippen LogP contribution in [0.25, 0.3) is 11.0 Å². The van der Waals surface area contributed by atoms with Gasteiger partial charge in [-0.1, -0.05) is 32.4 Å². The third-order valence-corrected chi connectivity index (χ3v) is 4.62. The molecule has 0 fully saturated rings. The maximum absolute atomic E-state index is 12.8. The molecule has 0 aliphatic heterocycles. The van der Waals surface area contributed by atoms with E-state index in [1.54, 1.807) is 6.07 Å². The highest BCUT2D eigenvalue weighted by molar-refractivity contribution is 5.90. The van der Waals surface area contributed by atoms with Gasteiger partial charge in [0.05, 0.1) is 24.2 Å². The van der Waals surface area contributed by atoms with Crippen LogP contribution in [0.3, 0.4) is 0 Å². The summed E-state index contributed by atoms with van der Waals surface area (Å²) in [5.41, 5.74) is 1.32. The molecule has 0 saturated heterocycles. The fourth-order valence-electron chi connectivity index (χ4n) is 3.01. The molecule has 1 aromatic carbocycles. The van der Waals surface area contributed by atoms with Gasteiger partial charge in [-0.3, -0.25) is 9.69 Å². The number of hydrogen-bond acceptors (Lipinski definition) is 7. The second-order valence-electron chi connectivity index (χ2n) is 7.17. The van der Waals surface area contributed by atoms with Crippen LogP contribution in [-0.2, 0) is 20.7 Å². The highest BCUT2D eigenvalue weighted by Gasteiger charge is 2.22. The number of carbonyl (C=O) groups is 3. The minimum Gasteiger partial charge on any atom is -0.462 e. The molecule has 1 aromatic heterocycles. The summed E-state index contributed by atoms with van der Waals surface area (Å²) >= 11 is 0. The van der Waals surface area contributed by atoms with E-state index in [1.807, 2.05) is 32.0 Å². The maximum Gasteiger partial charge on any atom is 0.410 e. The topological polar surface area (TPSA) is 123 Å². The lowest BCUT2D eigenvalue weighted by molar-refractivity contribution is -0.145. The Morgan fingerprint density at radius 3 is 2.62 bits per heavy atom. The van der Waals surface area contributed by atoms with Gasteiger partial charge in [0.2, 0.25) is 0 Å². The summed E-state index contributed by atoms with van der Waals surface area (Å²) in [6.07, 6.45) is 1.95. The van der Waals surface area contributed by atoms with Crippen molar-refractivity contribution in [1.82, 2.24) is 19.8 Å². The zero-order chi connectivity index (χ0) is 23.3. The molecule has 2 aromatic rings. The van der Waals surface area contributed by atoms with Crippen LogP contribution in [0.1, 0.15) is 38.9 Å². The van der Waals surface area contributed by atoms with Crippen molar-refractivity contribution in [1.29, 1.82) is 0 Å². The number of amides is 2. The van der Waals surface area contributed by atoms with E-state index in [9.17, 15) is 14.4 Å². The Hall–Kier alpha value is -3.14. The van der Waals surface area contributed by atoms with Crippen molar-refractivity contribution in [2.75, 3.05) is 39.5 Å². The van der Waals surface area contributed by atoms with E-state index in [2.05, 4.69) is 10.3 Å². The molecular weight excluding hydrogens is 416 g/mol. The number of fused-ring (bicyclic) bond motifs is 1. The van der Waals surface area contributed by atoms with Gasteiger partial charge in [0.1, 0.15) is 19.0 Å². The third kappa shape index (κ3) is 7.23. The number of unbranched alkanes of at least 4 members (excludes halogenated alkanes) is 1. The number of aromatic nitrogens is 2. The van der Waals surface area contributed by atoms with Gasteiger partial charge in [0.15, 0.2) is 0 Å². The van der Waals surface area contributed by atoms with E-state index >= 15 is 0 Å². The van der Waals surface area contributed by atoms with E-state index in [0.29, 0.717) is 29.8 Å². The molecule has 176 valence electrons. The Balaban J connectivity index is 2.19. The Kier molecular flexibility index (Phi) is 10.5. The van der Waals surface area contributed by atoms with Crippen LogP contribution in [0.5, 0.6) is 0 Å². The standard InChI is InChI=1S/C22H32N4O6/c1-3-5-14-32-22(30)25(16-20(28)31-15-13-27)12-10-19-24-17-8-6-7-9-18(17)26(19)21(29)23-11-4-2/h6-9,27H,3-5,10-16H2,1-2H3,(H,23,29). The summed E-state index contributed by atoms with van der Waals surface area (Å²) in [6, 6.07) is 6.98. The zero-order valence-electron chi connectivity index (χ0n) is 18.7. The quantitative estimate of drug-likeness (QED) is 0.377. The number of carbonyl (C=O) groups excluding carboxylic acids is 3.